The number of hydrogen-bond acceptors (Lipinski definition) is 3. The molecule has 2 rings (SSSR count). The first kappa shape index (κ1) is 12.3. The second kappa shape index (κ2) is 5.03. The monoisotopic (exact) mass is 225 g/mol. The molecule has 0 aromatic carbocycles. The van der Waals surface area contributed by atoms with Gasteiger partial charge in [0.2, 0.25) is 0 Å². The standard InChI is InChI=1S/C13H27N3/c1-12-11-16(10-9-15(12)2)8-7-13(14)5-3-4-6-13/h12H,3-11,14H2,1-2H3. The molecular weight excluding hydrogens is 198 g/mol. The normalized spacial score (nSPS) is 32.1. The van der Waals surface area contributed by atoms with Crippen LogP contribution < -0.4 is 5.73 Å². The van der Waals surface area contributed by atoms with Crippen LogP contribution in [0.1, 0.15) is 39.0 Å². The van der Waals surface area contributed by atoms with E-state index in [-0.39, 0.29) is 5.54 Å². The maximum atomic E-state index is 6.40. The van der Waals surface area contributed by atoms with E-state index in [2.05, 4.69) is 23.8 Å². The molecule has 1 saturated heterocycles. The lowest BCUT2D eigenvalue weighted by Gasteiger charge is -2.39. The van der Waals surface area contributed by atoms with Gasteiger partial charge in [-0.15, -0.1) is 0 Å². The van der Waals surface area contributed by atoms with Crippen molar-refractivity contribution >= 4 is 0 Å². The van der Waals surface area contributed by atoms with E-state index in [0.717, 1.165) is 0 Å². The Balaban J connectivity index is 1.74. The molecule has 1 aliphatic heterocycles. The van der Waals surface area contributed by atoms with Crippen molar-refractivity contribution in [3.63, 3.8) is 0 Å². The number of piperazine rings is 1. The van der Waals surface area contributed by atoms with Crippen molar-refractivity contribution in [1.82, 2.24) is 9.80 Å². The average Bonchev–Trinajstić information content (AvgIpc) is 2.68. The summed E-state index contributed by atoms with van der Waals surface area (Å²) >= 11 is 0. The zero-order chi connectivity index (χ0) is 11.6. The summed E-state index contributed by atoms with van der Waals surface area (Å²) in [7, 11) is 2.23. The van der Waals surface area contributed by atoms with E-state index >= 15 is 0 Å². The van der Waals surface area contributed by atoms with Gasteiger partial charge < -0.3 is 15.5 Å². The summed E-state index contributed by atoms with van der Waals surface area (Å²) in [5, 5.41) is 0. The van der Waals surface area contributed by atoms with Crippen LogP contribution in [0.3, 0.4) is 0 Å². The summed E-state index contributed by atoms with van der Waals surface area (Å²) in [6.07, 6.45) is 6.38. The van der Waals surface area contributed by atoms with E-state index in [4.69, 9.17) is 5.73 Å². The first-order valence-corrected chi connectivity index (χ1v) is 6.81. The number of nitrogens with zero attached hydrogens (tertiary/aromatic N) is 2. The highest BCUT2D eigenvalue weighted by Crippen LogP contribution is 2.30. The highest BCUT2D eigenvalue weighted by molar-refractivity contribution is 4.90. The van der Waals surface area contributed by atoms with Gasteiger partial charge in [0.15, 0.2) is 0 Å². The Morgan fingerprint density at radius 2 is 1.94 bits per heavy atom. The van der Waals surface area contributed by atoms with Crippen LogP contribution in [0, 0.1) is 0 Å². The molecule has 0 amide bonds. The predicted molar refractivity (Wildman–Crippen MR) is 68.5 cm³/mol. The van der Waals surface area contributed by atoms with Gasteiger partial charge in [-0.1, -0.05) is 12.8 Å². The molecule has 0 spiro atoms. The molecule has 0 aromatic heterocycles. The first-order chi connectivity index (χ1) is 7.59. The molecule has 2 aliphatic rings. The van der Waals surface area contributed by atoms with Gasteiger partial charge in [0.1, 0.15) is 0 Å². The molecule has 3 nitrogen and oxygen atoms in total. The highest BCUT2D eigenvalue weighted by Gasteiger charge is 2.30. The van der Waals surface area contributed by atoms with E-state index < -0.39 is 0 Å². The summed E-state index contributed by atoms with van der Waals surface area (Å²) in [5.41, 5.74) is 6.57. The molecule has 2 fully saturated rings. The molecule has 94 valence electrons. The maximum Gasteiger partial charge on any atom is 0.0192 e. The number of rotatable bonds is 3. The SMILES string of the molecule is CC1CN(CCC2(N)CCCC2)CCN1C. The van der Waals surface area contributed by atoms with Crippen LogP contribution in [0.2, 0.25) is 0 Å². The molecule has 16 heavy (non-hydrogen) atoms. The van der Waals surface area contributed by atoms with Crippen LogP contribution in [0.4, 0.5) is 0 Å². The lowest BCUT2D eigenvalue weighted by atomic mass is 9.94. The van der Waals surface area contributed by atoms with Crippen LogP contribution in [0.15, 0.2) is 0 Å². The third-order valence-electron chi connectivity index (χ3n) is 4.57. The molecule has 0 radical (unpaired) electrons. The molecular formula is C13H27N3. The minimum Gasteiger partial charge on any atom is -0.325 e. The van der Waals surface area contributed by atoms with E-state index in [1.54, 1.807) is 0 Å². The van der Waals surface area contributed by atoms with E-state index in [9.17, 15) is 0 Å². The Morgan fingerprint density at radius 3 is 2.56 bits per heavy atom. The Bertz CT molecular complexity index is 223. The summed E-state index contributed by atoms with van der Waals surface area (Å²) in [6.45, 7) is 7.16. The lowest BCUT2D eigenvalue weighted by Crippen LogP contribution is -2.51. The van der Waals surface area contributed by atoms with E-state index in [1.807, 2.05) is 0 Å². The summed E-state index contributed by atoms with van der Waals surface area (Å²) in [5.74, 6) is 0. The lowest BCUT2D eigenvalue weighted by molar-refractivity contribution is 0.0984. The molecule has 2 N–H and O–H groups in total. The molecule has 1 aliphatic carbocycles. The smallest absolute Gasteiger partial charge is 0.0192 e. The minimum atomic E-state index is 0.173. The summed E-state index contributed by atoms with van der Waals surface area (Å²) in [4.78, 5) is 5.04. The number of likely N-dealkylation sites (N-methyl/N-ethyl adjacent to an activating group) is 1. The maximum absolute atomic E-state index is 6.40. The predicted octanol–water partition coefficient (Wildman–Crippen LogP) is 1.28. The Hall–Kier alpha value is -0.120. The van der Waals surface area contributed by atoms with Crippen molar-refractivity contribution in [2.24, 2.45) is 5.73 Å². The van der Waals surface area contributed by atoms with Crippen LogP contribution in [-0.2, 0) is 0 Å². The topological polar surface area (TPSA) is 32.5 Å². The largest absolute Gasteiger partial charge is 0.325 e. The van der Waals surface area contributed by atoms with E-state index in [0.29, 0.717) is 6.04 Å². The third-order valence-corrected chi connectivity index (χ3v) is 4.57. The van der Waals surface area contributed by atoms with Crippen molar-refractivity contribution in [1.29, 1.82) is 0 Å². The molecule has 1 heterocycles. The minimum absolute atomic E-state index is 0.173. The molecule has 0 aromatic rings. The summed E-state index contributed by atoms with van der Waals surface area (Å²) < 4.78 is 0. The van der Waals surface area contributed by atoms with Crippen LogP contribution in [-0.4, -0.2) is 54.6 Å². The molecule has 0 bridgehead atoms. The van der Waals surface area contributed by atoms with Crippen molar-refractivity contribution in [2.75, 3.05) is 33.2 Å². The first-order valence-electron chi connectivity index (χ1n) is 6.81. The fourth-order valence-corrected chi connectivity index (χ4v) is 3.04. The van der Waals surface area contributed by atoms with Crippen molar-refractivity contribution in [2.45, 2.75) is 50.6 Å². The van der Waals surface area contributed by atoms with Crippen LogP contribution in [0.5, 0.6) is 0 Å². The van der Waals surface area contributed by atoms with Crippen LogP contribution in [0.25, 0.3) is 0 Å². The van der Waals surface area contributed by atoms with E-state index in [1.165, 1.54) is 58.3 Å². The van der Waals surface area contributed by atoms with Gasteiger partial charge in [0, 0.05) is 31.2 Å². The van der Waals surface area contributed by atoms with Gasteiger partial charge in [-0.25, -0.2) is 0 Å². The van der Waals surface area contributed by atoms with Gasteiger partial charge in [0.25, 0.3) is 0 Å². The third kappa shape index (κ3) is 2.96. The fourth-order valence-electron chi connectivity index (χ4n) is 3.04. The quantitative estimate of drug-likeness (QED) is 0.785. The van der Waals surface area contributed by atoms with Crippen molar-refractivity contribution in [3.8, 4) is 0 Å². The highest BCUT2D eigenvalue weighted by atomic mass is 15.3. The molecule has 1 unspecified atom stereocenters. The second-order valence-electron chi connectivity index (χ2n) is 5.95. The average molecular weight is 225 g/mol. The molecule has 1 saturated carbocycles. The molecule has 1 atom stereocenters. The Labute approximate surface area is 100.0 Å². The van der Waals surface area contributed by atoms with Crippen LogP contribution >= 0.6 is 0 Å². The van der Waals surface area contributed by atoms with Gasteiger partial charge in [-0.2, -0.15) is 0 Å². The van der Waals surface area contributed by atoms with Crippen molar-refractivity contribution in [3.05, 3.63) is 0 Å². The van der Waals surface area contributed by atoms with Gasteiger partial charge in [-0.3, -0.25) is 0 Å². The Kier molecular flexibility index (Phi) is 3.88. The Morgan fingerprint density at radius 1 is 1.25 bits per heavy atom. The van der Waals surface area contributed by atoms with Gasteiger partial charge in [0.05, 0.1) is 0 Å². The number of nitrogens with two attached hydrogens (primary N) is 1. The zero-order valence-electron chi connectivity index (χ0n) is 10.9. The summed E-state index contributed by atoms with van der Waals surface area (Å²) in [6, 6.07) is 0.700. The number of hydrogen-bond donors (Lipinski definition) is 1. The zero-order valence-corrected chi connectivity index (χ0v) is 10.9. The molecule has 3 heteroatoms. The van der Waals surface area contributed by atoms with Gasteiger partial charge >= 0.3 is 0 Å². The van der Waals surface area contributed by atoms with Crippen molar-refractivity contribution < 1.29 is 0 Å². The second-order valence-corrected chi connectivity index (χ2v) is 5.95. The fraction of sp³-hybridized carbons (Fsp3) is 1.00. The van der Waals surface area contributed by atoms with Gasteiger partial charge in [-0.05, 0) is 39.8 Å².